The summed E-state index contributed by atoms with van der Waals surface area (Å²) in [7, 11) is -0.572. The predicted octanol–water partition coefficient (Wildman–Crippen LogP) is 4.16. The van der Waals surface area contributed by atoms with Crippen molar-refractivity contribution < 1.29 is 29.3 Å². The lowest BCUT2D eigenvalue weighted by Gasteiger charge is -2.37. The van der Waals surface area contributed by atoms with Crippen LogP contribution in [0.4, 0.5) is 11.4 Å². The summed E-state index contributed by atoms with van der Waals surface area (Å²) in [5, 5.41) is 23.5. The number of anilines is 2. The van der Waals surface area contributed by atoms with Gasteiger partial charge in [-0.25, -0.2) is 0 Å². The van der Waals surface area contributed by atoms with Gasteiger partial charge in [-0.05, 0) is 54.8 Å². The van der Waals surface area contributed by atoms with Crippen molar-refractivity contribution in [3.05, 3.63) is 83.9 Å². The van der Waals surface area contributed by atoms with Gasteiger partial charge in [0.15, 0.2) is 5.60 Å². The van der Waals surface area contributed by atoms with E-state index in [-0.39, 0.29) is 30.1 Å². The van der Waals surface area contributed by atoms with Crippen LogP contribution in [0.15, 0.2) is 72.8 Å². The molecule has 0 radical (unpaired) electrons. The van der Waals surface area contributed by atoms with Crippen LogP contribution in [0, 0.1) is 5.92 Å². The molecule has 2 aliphatic heterocycles. The molecule has 8 nitrogen and oxygen atoms in total. The number of methoxy groups -OCH3 is 1. The summed E-state index contributed by atoms with van der Waals surface area (Å²) in [6.07, 6.45) is -0.926. The molecule has 2 aliphatic rings. The molecule has 1 fully saturated rings. The first-order valence-electron chi connectivity index (χ1n) is 14.5. The highest BCUT2D eigenvalue weighted by Gasteiger charge is 2.66. The number of nitrogens with one attached hydrogen (secondary N) is 1. The van der Waals surface area contributed by atoms with Crippen molar-refractivity contribution in [1.29, 1.82) is 0 Å². The van der Waals surface area contributed by atoms with Crippen molar-refractivity contribution in [2.45, 2.75) is 63.3 Å². The monoisotopic (exact) mass is 588 g/mol. The van der Waals surface area contributed by atoms with Crippen molar-refractivity contribution in [1.82, 2.24) is 0 Å². The number of rotatable bonds is 9. The Morgan fingerprint density at radius 3 is 2.38 bits per heavy atom. The van der Waals surface area contributed by atoms with Crippen LogP contribution in [0.25, 0.3) is 0 Å². The van der Waals surface area contributed by atoms with E-state index in [0.29, 0.717) is 18.7 Å². The number of hydrogen-bond donors (Lipinski definition) is 3. The van der Waals surface area contributed by atoms with Crippen LogP contribution in [0.2, 0.25) is 18.6 Å². The molecule has 2 heterocycles. The number of amides is 2. The predicted molar refractivity (Wildman–Crippen MR) is 166 cm³/mol. The molecule has 222 valence electrons. The third-order valence-corrected chi connectivity index (χ3v) is 13.5. The fourth-order valence-electron chi connectivity index (χ4n) is 6.94. The summed E-state index contributed by atoms with van der Waals surface area (Å²) in [6, 6.07) is 23.4. The average molecular weight is 589 g/mol. The van der Waals surface area contributed by atoms with Crippen LogP contribution in [0.3, 0.4) is 0 Å². The van der Waals surface area contributed by atoms with Gasteiger partial charge in [0.2, 0.25) is 0 Å². The SMILES string of the molecule is COc1ccc([Si](C)(C)[C@@H]2[C@@H](CCO)O[C@]3(C(=O)N(Cc4ccc(NC(=O)[C@H](C)O)cc4)c4ccccc43)[C@H]2C)cc1. The molecule has 3 aromatic carbocycles. The van der Waals surface area contributed by atoms with E-state index in [9.17, 15) is 19.8 Å². The number of nitrogens with zero attached hydrogens (tertiary/aromatic N) is 1. The topological polar surface area (TPSA) is 108 Å². The number of carbonyl (C=O) groups excluding carboxylic acids is 2. The minimum absolute atomic E-state index is 0.0193. The number of ether oxygens (including phenoxy) is 2. The van der Waals surface area contributed by atoms with Crippen LogP contribution in [-0.2, 0) is 26.5 Å². The molecule has 0 bridgehead atoms. The number of aliphatic hydroxyl groups is 2. The summed E-state index contributed by atoms with van der Waals surface area (Å²) in [6.45, 7) is 8.52. The van der Waals surface area contributed by atoms with E-state index in [1.807, 2.05) is 48.5 Å². The average Bonchev–Trinajstić information content (AvgIpc) is 3.41. The standard InChI is InChI=1S/C33H40N2O6Si/c1-21-30(42(4,5)26-16-14-25(40-3)15-17-26)29(18-19-36)41-33(21)27-8-6-7-9-28(27)35(32(33)39)20-23-10-12-24(13-11-23)34-31(38)22(2)37/h6-17,21-22,29-30,36-37H,18-20H2,1-5H3,(H,34,38)/t21-,22-,29+,30-,33+/m0/s1. The Hall–Kier alpha value is -3.50. The van der Waals surface area contributed by atoms with Gasteiger partial charge in [-0.1, -0.05) is 67.7 Å². The third kappa shape index (κ3) is 5.04. The summed E-state index contributed by atoms with van der Waals surface area (Å²) >= 11 is 0. The largest absolute Gasteiger partial charge is 0.497 e. The Kier molecular flexibility index (Phi) is 8.31. The second-order valence-corrected chi connectivity index (χ2v) is 16.6. The second-order valence-electron chi connectivity index (χ2n) is 11.9. The number of para-hydroxylation sites is 1. The lowest BCUT2D eigenvalue weighted by Crippen LogP contribution is -2.51. The quantitative estimate of drug-likeness (QED) is 0.324. The maximum absolute atomic E-state index is 14.6. The summed E-state index contributed by atoms with van der Waals surface area (Å²) in [5.74, 6) is 0.104. The number of carbonyl (C=O) groups is 2. The zero-order valence-corrected chi connectivity index (χ0v) is 25.8. The van der Waals surface area contributed by atoms with Gasteiger partial charge in [-0.3, -0.25) is 9.59 Å². The van der Waals surface area contributed by atoms with Gasteiger partial charge < -0.3 is 29.9 Å². The van der Waals surface area contributed by atoms with E-state index >= 15 is 0 Å². The molecule has 0 unspecified atom stereocenters. The molecule has 0 aromatic heterocycles. The van der Waals surface area contributed by atoms with Crippen molar-refractivity contribution in [3.8, 4) is 5.75 Å². The number of aliphatic hydroxyl groups excluding tert-OH is 2. The first kappa shape index (κ1) is 30.0. The zero-order chi connectivity index (χ0) is 30.2. The number of benzene rings is 3. The van der Waals surface area contributed by atoms with E-state index in [1.165, 1.54) is 12.1 Å². The zero-order valence-electron chi connectivity index (χ0n) is 24.8. The Labute approximate surface area is 248 Å². The van der Waals surface area contributed by atoms with Crippen molar-refractivity contribution >= 4 is 36.4 Å². The van der Waals surface area contributed by atoms with E-state index in [0.717, 1.165) is 22.6 Å². The molecular weight excluding hydrogens is 548 g/mol. The van der Waals surface area contributed by atoms with Crippen LogP contribution < -0.4 is 20.1 Å². The van der Waals surface area contributed by atoms with Gasteiger partial charge in [-0.2, -0.15) is 0 Å². The minimum Gasteiger partial charge on any atom is -0.497 e. The lowest BCUT2D eigenvalue weighted by atomic mass is 9.82. The Morgan fingerprint density at radius 1 is 1.10 bits per heavy atom. The highest BCUT2D eigenvalue weighted by atomic mass is 28.3. The third-order valence-electron chi connectivity index (χ3n) is 9.10. The molecule has 2 amide bonds. The fraction of sp³-hybridized carbons (Fsp3) is 0.394. The van der Waals surface area contributed by atoms with E-state index in [1.54, 1.807) is 24.1 Å². The van der Waals surface area contributed by atoms with Crippen LogP contribution in [-0.4, -0.2) is 56.0 Å². The molecule has 0 saturated carbocycles. The van der Waals surface area contributed by atoms with Crippen LogP contribution >= 0.6 is 0 Å². The van der Waals surface area contributed by atoms with Gasteiger partial charge in [0.25, 0.3) is 11.8 Å². The Balaban J connectivity index is 1.49. The molecule has 0 aliphatic carbocycles. The Morgan fingerprint density at radius 2 is 1.76 bits per heavy atom. The summed E-state index contributed by atoms with van der Waals surface area (Å²) < 4.78 is 12.3. The van der Waals surface area contributed by atoms with Gasteiger partial charge in [0.1, 0.15) is 11.9 Å². The first-order chi connectivity index (χ1) is 20.0. The van der Waals surface area contributed by atoms with E-state index < -0.39 is 25.7 Å². The fourth-order valence-corrected chi connectivity index (χ4v) is 11.0. The number of fused-ring (bicyclic) bond motifs is 2. The molecule has 42 heavy (non-hydrogen) atoms. The second kappa shape index (κ2) is 11.6. The summed E-state index contributed by atoms with van der Waals surface area (Å²) in [4.78, 5) is 28.3. The molecule has 5 atom stereocenters. The van der Waals surface area contributed by atoms with Crippen LogP contribution in [0.5, 0.6) is 5.75 Å². The molecule has 1 saturated heterocycles. The number of hydrogen-bond acceptors (Lipinski definition) is 6. The first-order valence-corrected chi connectivity index (χ1v) is 17.5. The molecule has 3 N–H and O–H groups in total. The highest BCUT2D eigenvalue weighted by Crippen LogP contribution is 2.60. The molecular formula is C33H40N2O6Si. The van der Waals surface area contributed by atoms with E-state index in [4.69, 9.17) is 9.47 Å². The molecule has 1 spiro atoms. The van der Waals surface area contributed by atoms with Crippen molar-refractivity contribution in [2.24, 2.45) is 5.92 Å². The van der Waals surface area contributed by atoms with E-state index in [2.05, 4.69) is 37.5 Å². The van der Waals surface area contributed by atoms with Crippen molar-refractivity contribution in [3.63, 3.8) is 0 Å². The summed E-state index contributed by atoms with van der Waals surface area (Å²) in [5.41, 5.74) is 2.09. The normalized spacial score (nSPS) is 24.1. The minimum atomic E-state index is -2.23. The molecule has 5 rings (SSSR count). The highest BCUT2D eigenvalue weighted by molar-refractivity contribution is 6.91. The van der Waals surface area contributed by atoms with Crippen molar-refractivity contribution in [2.75, 3.05) is 23.9 Å². The van der Waals surface area contributed by atoms with Gasteiger partial charge in [0.05, 0.1) is 33.5 Å². The maximum atomic E-state index is 14.6. The molecule has 3 aromatic rings. The lowest BCUT2D eigenvalue weighted by molar-refractivity contribution is -0.146. The smallest absolute Gasteiger partial charge is 0.264 e. The Bertz CT molecular complexity index is 1440. The maximum Gasteiger partial charge on any atom is 0.264 e. The van der Waals surface area contributed by atoms with Gasteiger partial charge >= 0.3 is 0 Å². The van der Waals surface area contributed by atoms with Crippen LogP contribution in [0.1, 0.15) is 31.4 Å². The van der Waals surface area contributed by atoms with Gasteiger partial charge in [0, 0.05) is 23.8 Å². The van der Waals surface area contributed by atoms with Gasteiger partial charge in [-0.15, -0.1) is 0 Å². The molecule has 9 heteroatoms.